The summed E-state index contributed by atoms with van der Waals surface area (Å²) in [5.41, 5.74) is 3.50. The molecule has 0 saturated heterocycles. The molecule has 0 aliphatic heterocycles. The Balaban J connectivity index is 3.11. The fourth-order valence-corrected chi connectivity index (χ4v) is 1.88. The number of rotatable bonds is 4. The number of aryl methyl sites for hydroxylation is 3. The molecule has 1 N–H and O–H groups in total. The lowest BCUT2D eigenvalue weighted by atomic mass is 9.98. The van der Waals surface area contributed by atoms with Crippen molar-refractivity contribution in [2.24, 2.45) is 0 Å². The standard InChI is InChI=1S/C12H17ClO/c1-3-9-8-12(14)10(4-2)7-11(9)5-6-13/h7-8,14H,3-6H2,1-2H3. The summed E-state index contributed by atoms with van der Waals surface area (Å²) in [5.74, 6) is 1.06. The lowest BCUT2D eigenvalue weighted by Gasteiger charge is -2.10. The molecule has 0 aromatic heterocycles. The van der Waals surface area contributed by atoms with Crippen molar-refractivity contribution in [1.29, 1.82) is 0 Å². The van der Waals surface area contributed by atoms with Crippen LogP contribution in [0.25, 0.3) is 0 Å². The molecule has 0 aliphatic carbocycles. The van der Waals surface area contributed by atoms with Gasteiger partial charge in [0.2, 0.25) is 0 Å². The Hall–Kier alpha value is -0.690. The molecule has 0 bridgehead atoms. The molecular weight excluding hydrogens is 196 g/mol. The number of halogens is 1. The van der Waals surface area contributed by atoms with E-state index in [4.69, 9.17) is 11.6 Å². The zero-order valence-electron chi connectivity index (χ0n) is 8.81. The maximum atomic E-state index is 9.68. The van der Waals surface area contributed by atoms with E-state index >= 15 is 0 Å². The second kappa shape index (κ2) is 5.26. The second-order valence-electron chi connectivity index (χ2n) is 3.40. The minimum absolute atomic E-state index is 0.419. The largest absolute Gasteiger partial charge is 0.508 e. The molecule has 0 spiro atoms. The molecule has 0 atom stereocenters. The van der Waals surface area contributed by atoms with E-state index < -0.39 is 0 Å². The number of phenols is 1. The zero-order chi connectivity index (χ0) is 10.6. The highest BCUT2D eigenvalue weighted by Gasteiger charge is 2.06. The number of hydrogen-bond acceptors (Lipinski definition) is 1. The lowest BCUT2D eigenvalue weighted by Crippen LogP contribution is -1.96. The van der Waals surface area contributed by atoms with Crippen LogP contribution in [0, 0.1) is 0 Å². The molecule has 0 heterocycles. The maximum absolute atomic E-state index is 9.68. The van der Waals surface area contributed by atoms with Gasteiger partial charge < -0.3 is 5.11 Å². The summed E-state index contributed by atoms with van der Waals surface area (Å²) in [5, 5.41) is 9.68. The van der Waals surface area contributed by atoms with Crippen molar-refractivity contribution < 1.29 is 5.11 Å². The average molecular weight is 213 g/mol. The number of benzene rings is 1. The summed E-state index contributed by atoms with van der Waals surface area (Å²) in [4.78, 5) is 0. The van der Waals surface area contributed by atoms with Gasteiger partial charge in [-0.05, 0) is 42.0 Å². The van der Waals surface area contributed by atoms with E-state index in [1.165, 1.54) is 11.1 Å². The molecule has 0 aliphatic rings. The van der Waals surface area contributed by atoms with Crippen LogP contribution in [0.4, 0.5) is 0 Å². The van der Waals surface area contributed by atoms with Gasteiger partial charge in [-0.15, -0.1) is 11.6 Å². The molecule has 0 fully saturated rings. The van der Waals surface area contributed by atoms with Crippen LogP contribution in [0.2, 0.25) is 0 Å². The monoisotopic (exact) mass is 212 g/mol. The van der Waals surface area contributed by atoms with Crippen LogP contribution in [0.3, 0.4) is 0 Å². The molecule has 78 valence electrons. The summed E-state index contributed by atoms with van der Waals surface area (Å²) in [6.45, 7) is 4.14. The minimum atomic E-state index is 0.419. The Labute approximate surface area is 90.7 Å². The summed E-state index contributed by atoms with van der Waals surface area (Å²) in [6, 6.07) is 3.96. The third kappa shape index (κ3) is 2.42. The number of phenolic OH excluding ortho intramolecular Hbond substituents is 1. The van der Waals surface area contributed by atoms with E-state index in [2.05, 4.69) is 13.0 Å². The van der Waals surface area contributed by atoms with Crippen molar-refractivity contribution >= 4 is 11.6 Å². The quantitative estimate of drug-likeness (QED) is 0.760. The van der Waals surface area contributed by atoms with Crippen LogP contribution >= 0.6 is 11.6 Å². The first-order valence-corrected chi connectivity index (χ1v) is 5.65. The summed E-state index contributed by atoms with van der Waals surface area (Å²) in [6.07, 6.45) is 2.70. The zero-order valence-corrected chi connectivity index (χ0v) is 9.56. The smallest absolute Gasteiger partial charge is 0.119 e. The van der Waals surface area contributed by atoms with Gasteiger partial charge in [0.25, 0.3) is 0 Å². The van der Waals surface area contributed by atoms with Crippen LogP contribution in [0.1, 0.15) is 30.5 Å². The summed E-state index contributed by atoms with van der Waals surface area (Å²) in [7, 11) is 0. The molecule has 1 aromatic rings. The number of aromatic hydroxyl groups is 1. The van der Waals surface area contributed by atoms with Crippen LogP contribution in [0.5, 0.6) is 5.75 Å². The van der Waals surface area contributed by atoms with E-state index in [1.807, 2.05) is 13.0 Å². The van der Waals surface area contributed by atoms with Gasteiger partial charge in [0.05, 0.1) is 0 Å². The Morgan fingerprint density at radius 3 is 2.21 bits per heavy atom. The molecule has 0 unspecified atom stereocenters. The number of hydrogen-bond donors (Lipinski definition) is 1. The van der Waals surface area contributed by atoms with Crippen LogP contribution in [-0.4, -0.2) is 11.0 Å². The summed E-state index contributed by atoms with van der Waals surface area (Å²) < 4.78 is 0. The molecule has 1 nitrogen and oxygen atoms in total. The highest BCUT2D eigenvalue weighted by molar-refractivity contribution is 6.18. The molecule has 2 heteroatoms. The first-order chi connectivity index (χ1) is 6.72. The van der Waals surface area contributed by atoms with E-state index in [0.717, 1.165) is 24.8 Å². The van der Waals surface area contributed by atoms with E-state index in [9.17, 15) is 5.11 Å². The van der Waals surface area contributed by atoms with Crippen molar-refractivity contribution in [3.63, 3.8) is 0 Å². The Morgan fingerprint density at radius 2 is 1.71 bits per heavy atom. The summed E-state index contributed by atoms with van der Waals surface area (Å²) >= 11 is 5.74. The molecule has 0 radical (unpaired) electrons. The van der Waals surface area contributed by atoms with Crippen LogP contribution < -0.4 is 0 Å². The van der Waals surface area contributed by atoms with Crippen molar-refractivity contribution in [3.8, 4) is 5.75 Å². The van der Waals surface area contributed by atoms with Crippen molar-refractivity contribution in [1.82, 2.24) is 0 Å². The van der Waals surface area contributed by atoms with Crippen molar-refractivity contribution in [2.75, 3.05) is 5.88 Å². The van der Waals surface area contributed by atoms with Gasteiger partial charge >= 0.3 is 0 Å². The van der Waals surface area contributed by atoms with Crippen molar-refractivity contribution in [2.45, 2.75) is 33.1 Å². The minimum Gasteiger partial charge on any atom is -0.508 e. The molecule has 1 aromatic carbocycles. The normalized spacial score (nSPS) is 10.5. The van der Waals surface area contributed by atoms with Crippen LogP contribution in [0.15, 0.2) is 12.1 Å². The van der Waals surface area contributed by atoms with Gasteiger partial charge in [-0.3, -0.25) is 0 Å². The van der Waals surface area contributed by atoms with Gasteiger partial charge in [-0.1, -0.05) is 19.9 Å². The topological polar surface area (TPSA) is 20.2 Å². The van der Waals surface area contributed by atoms with Gasteiger partial charge in [0, 0.05) is 5.88 Å². The predicted molar refractivity (Wildman–Crippen MR) is 61.3 cm³/mol. The highest BCUT2D eigenvalue weighted by atomic mass is 35.5. The van der Waals surface area contributed by atoms with Gasteiger partial charge in [-0.2, -0.15) is 0 Å². The van der Waals surface area contributed by atoms with Gasteiger partial charge in [0.15, 0.2) is 0 Å². The Bertz CT molecular complexity index is 307. The SMILES string of the molecule is CCc1cc(CCCl)c(CC)cc1O. The Kier molecular flexibility index (Phi) is 4.27. The molecular formula is C12H17ClO. The molecule has 0 saturated carbocycles. The van der Waals surface area contributed by atoms with Gasteiger partial charge in [-0.25, -0.2) is 0 Å². The van der Waals surface area contributed by atoms with Crippen LogP contribution in [-0.2, 0) is 19.3 Å². The molecule has 0 amide bonds. The lowest BCUT2D eigenvalue weighted by molar-refractivity contribution is 0.468. The average Bonchev–Trinajstić information content (AvgIpc) is 2.20. The fraction of sp³-hybridized carbons (Fsp3) is 0.500. The van der Waals surface area contributed by atoms with Crippen molar-refractivity contribution in [3.05, 3.63) is 28.8 Å². The third-order valence-electron chi connectivity index (χ3n) is 2.53. The Morgan fingerprint density at radius 1 is 1.07 bits per heavy atom. The molecule has 14 heavy (non-hydrogen) atoms. The first kappa shape index (κ1) is 11.4. The van der Waals surface area contributed by atoms with E-state index in [0.29, 0.717) is 11.6 Å². The number of alkyl halides is 1. The fourth-order valence-electron chi connectivity index (χ4n) is 1.67. The third-order valence-corrected chi connectivity index (χ3v) is 2.72. The van der Waals surface area contributed by atoms with E-state index in [1.54, 1.807) is 0 Å². The first-order valence-electron chi connectivity index (χ1n) is 5.12. The van der Waals surface area contributed by atoms with E-state index in [-0.39, 0.29) is 0 Å². The maximum Gasteiger partial charge on any atom is 0.119 e. The van der Waals surface area contributed by atoms with Gasteiger partial charge in [0.1, 0.15) is 5.75 Å². The highest BCUT2D eigenvalue weighted by Crippen LogP contribution is 2.24. The second-order valence-corrected chi connectivity index (χ2v) is 3.77. The predicted octanol–water partition coefficient (Wildman–Crippen LogP) is 3.30. The molecule has 1 rings (SSSR count).